The molecule has 190 valence electrons. The van der Waals surface area contributed by atoms with Gasteiger partial charge in [-0.05, 0) is 72.6 Å². The standard InChI is InChI=1S/C30H31F3O3/c1-3-4-17-35-27-16-11-22(18-26(27)31)30(34)36-23-12-9-21(10-13-23)25-15-14-24(28(32)29(25)33)20-7-5-19(2)6-8-20/h9-16,18-20H,3-8,17H2,1-2H3. The third-order valence-electron chi connectivity index (χ3n) is 6.87. The molecule has 0 bridgehead atoms. The van der Waals surface area contributed by atoms with Gasteiger partial charge in [-0.25, -0.2) is 18.0 Å². The summed E-state index contributed by atoms with van der Waals surface area (Å²) < 4.78 is 54.9. The van der Waals surface area contributed by atoms with Crippen LogP contribution in [0.5, 0.6) is 11.5 Å². The summed E-state index contributed by atoms with van der Waals surface area (Å²) in [6.07, 6.45) is 5.52. The van der Waals surface area contributed by atoms with E-state index in [4.69, 9.17) is 9.47 Å². The fourth-order valence-corrected chi connectivity index (χ4v) is 4.61. The van der Waals surface area contributed by atoms with E-state index in [0.717, 1.165) is 44.6 Å². The van der Waals surface area contributed by atoms with Crippen LogP contribution in [0.1, 0.15) is 74.2 Å². The van der Waals surface area contributed by atoms with E-state index in [1.165, 1.54) is 24.3 Å². The zero-order valence-electron chi connectivity index (χ0n) is 20.7. The number of halogens is 3. The number of carbonyl (C=O) groups is 1. The summed E-state index contributed by atoms with van der Waals surface area (Å²) in [6.45, 7) is 4.60. The summed E-state index contributed by atoms with van der Waals surface area (Å²) in [4.78, 5) is 12.5. The van der Waals surface area contributed by atoms with Gasteiger partial charge in [-0.1, -0.05) is 57.4 Å². The molecule has 36 heavy (non-hydrogen) atoms. The molecule has 0 aromatic heterocycles. The second-order valence-electron chi connectivity index (χ2n) is 9.55. The molecule has 1 aliphatic carbocycles. The molecule has 0 N–H and O–H groups in total. The van der Waals surface area contributed by atoms with Crippen LogP contribution in [0.15, 0.2) is 54.6 Å². The van der Waals surface area contributed by atoms with Crippen molar-refractivity contribution in [1.29, 1.82) is 0 Å². The van der Waals surface area contributed by atoms with Gasteiger partial charge in [0.25, 0.3) is 0 Å². The summed E-state index contributed by atoms with van der Waals surface area (Å²) in [5, 5.41) is 0. The van der Waals surface area contributed by atoms with Crippen LogP contribution < -0.4 is 9.47 Å². The Morgan fingerprint density at radius 1 is 0.917 bits per heavy atom. The van der Waals surface area contributed by atoms with Crippen molar-refractivity contribution >= 4 is 5.97 Å². The van der Waals surface area contributed by atoms with E-state index in [0.29, 0.717) is 23.7 Å². The Bertz CT molecular complexity index is 1200. The van der Waals surface area contributed by atoms with Crippen molar-refractivity contribution in [3.05, 3.63) is 83.2 Å². The maximum absolute atomic E-state index is 15.0. The minimum Gasteiger partial charge on any atom is -0.491 e. The van der Waals surface area contributed by atoms with E-state index < -0.39 is 23.4 Å². The molecule has 1 saturated carbocycles. The number of carbonyl (C=O) groups excluding carboxylic acids is 1. The third-order valence-corrected chi connectivity index (χ3v) is 6.87. The van der Waals surface area contributed by atoms with Crippen molar-refractivity contribution in [2.75, 3.05) is 6.61 Å². The first-order valence-electron chi connectivity index (χ1n) is 12.6. The quantitative estimate of drug-likeness (QED) is 0.178. The lowest BCUT2D eigenvalue weighted by Gasteiger charge is -2.27. The first kappa shape index (κ1) is 25.8. The average Bonchev–Trinajstić information content (AvgIpc) is 2.88. The van der Waals surface area contributed by atoms with Gasteiger partial charge < -0.3 is 9.47 Å². The predicted octanol–water partition coefficient (Wildman–Crippen LogP) is 8.46. The Kier molecular flexibility index (Phi) is 8.34. The van der Waals surface area contributed by atoms with Crippen molar-refractivity contribution < 1.29 is 27.4 Å². The first-order chi connectivity index (χ1) is 17.4. The number of esters is 1. The summed E-state index contributed by atoms with van der Waals surface area (Å²) in [6, 6.07) is 13.3. The second kappa shape index (κ2) is 11.6. The molecular weight excluding hydrogens is 465 g/mol. The Labute approximate surface area is 210 Å². The van der Waals surface area contributed by atoms with Crippen LogP contribution in [0.3, 0.4) is 0 Å². The number of hydrogen-bond donors (Lipinski definition) is 0. The van der Waals surface area contributed by atoms with Crippen molar-refractivity contribution in [3.8, 4) is 22.6 Å². The van der Waals surface area contributed by atoms with Crippen molar-refractivity contribution in [2.45, 2.75) is 58.3 Å². The van der Waals surface area contributed by atoms with Gasteiger partial charge in [0.2, 0.25) is 0 Å². The Balaban J connectivity index is 1.43. The zero-order chi connectivity index (χ0) is 25.7. The van der Waals surface area contributed by atoms with Crippen molar-refractivity contribution in [2.24, 2.45) is 5.92 Å². The molecule has 0 spiro atoms. The van der Waals surface area contributed by atoms with Gasteiger partial charge in [0.05, 0.1) is 12.2 Å². The van der Waals surface area contributed by atoms with E-state index in [-0.39, 0.29) is 28.5 Å². The Morgan fingerprint density at radius 2 is 1.64 bits per heavy atom. The topological polar surface area (TPSA) is 35.5 Å². The number of benzene rings is 3. The van der Waals surface area contributed by atoms with E-state index in [9.17, 15) is 18.0 Å². The number of unbranched alkanes of at least 4 members (excludes halogenated alkanes) is 1. The van der Waals surface area contributed by atoms with Gasteiger partial charge in [-0.3, -0.25) is 0 Å². The molecular formula is C30H31F3O3. The second-order valence-corrected chi connectivity index (χ2v) is 9.55. The van der Waals surface area contributed by atoms with Gasteiger partial charge in [0.15, 0.2) is 23.2 Å². The monoisotopic (exact) mass is 496 g/mol. The van der Waals surface area contributed by atoms with Crippen LogP contribution >= 0.6 is 0 Å². The van der Waals surface area contributed by atoms with Crippen LogP contribution in [0.25, 0.3) is 11.1 Å². The fraction of sp³-hybridized carbons (Fsp3) is 0.367. The molecule has 0 radical (unpaired) electrons. The normalized spacial score (nSPS) is 17.6. The first-order valence-corrected chi connectivity index (χ1v) is 12.6. The van der Waals surface area contributed by atoms with Crippen LogP contribution in [-0.2, 0) is 0 Å². The van der Waals surface area contributed by atoms with E-state index in [1.807, 2.05) is 6.92 Å². The van der Waals surface area contributed by atoms with Crippen molar-refractivity contribution in [1.82, 2.24) is 0 Å². The van der Waals surface area contributed by atoms with Crippen molar-refractivity contribution in [3.63, 3.8) is 0 Å². The van der Waals surface area contributed by atoms with E-state index in [2.05, 4.69) is 6.92 Å². The van der Waals surface area contributed by atoms with Gasteiger partial charge in [0.1, 0.15) is 5.75 Å². The van der Waals surface area contributed by atoms with E-state index >= 15 is 0 Å². The fourth-order valence-electron chi connectivity index (χ4n) is 4.61. The molecule has 3 aromatic rings. The van der Waals surface area contributed by atoms with Gasteiger partial charge in [-0.15, -0.1) is 0 Å². The SMILES string of the molecule is CCCCOc1ccc(C(=O)Oc2ccc(-c3ccc(C4CCC(C)CC4)c(F)c3F)cc2)cc1F. The minimum atomic E-state index is -0.868. The zero-order valence-corrected chi connectivity index (χ0v) is 20.7. The van der Waals surface area contributed by atoms with Crippen LogP contribution in [0, 0.1) is 23.4 Å². The Hall–Kier alpha value is -3.28. The lowest BCUT2D eigenvalue weighted by molar-refractivity contribution is 0.0734. The van der Waals surface area contributed by atoms with E-state index in [1.54, 1.807) is 24.3 Å². The predicted molar refractivity (Wildman–Crippen MR) is 134 cm³/mol. The molecule has 6 heteroatoms. The highest BCUT2D eigenvalue weighted by molar-refractivity contribution is 5.91. The lowest BCUT2D eigenvalue weighted by atomic mass is 9.79. The molecule has 1 fully saturated rings. The maximum Gasteiger partial charge on any atom is 0.343 e. The molecule has 3 nitrogen and oxygen atoms in total. The number of ether oxygens (including phenoxy) is 2. The third kappa shape index (κ3) is 5.92. The summed E-state index contributed by atoms with van der Waals surface area (Å²) in [7, 11) is 0. The smallest absolute Gasteiger partial charge is 0.343 e. The van der Waals surface area contributed by atoms with Gasteiger partial charge >= 0.3 is 5.97 Å². The summed E-state index contributed by atoms with van der Waals surface area (Å²) in [5.41, 5.74) is 1.11. The highest BCUT2D eigenvalue weighted by Crippen LogP contribution is 2.39. The Morgan fingerprint density at radius 3 is 2.31 bits per heavy atom. The minimum absolute atomic E-state index is 0.0419. The lowest BCUT2D eigenvalue weighted by Crippen LogP contribution is -2.13. The highest BCUT2D eigenvalue weighted by Gasteiger charge is 2.25. The molecule has 3 aromatic carbocycles. The molecule has 1 aliphatic rings. The summed E-state index contributed by atoms with van der Waals surface area (Å²) in [5.74, 6) is -2.05. The van der Waals surface area contributed by atoms with Crippen LogP contribution in [-0.4, -0.2) is 12.6 Å². The largest absolute Gasteiger partial charge is 0.491 e. The van der Waals surface area contributed by atoms with Crippen LogP contribution in [0.4, 0.5) is 13.2 Å². The van der Waals surface area contributed by atoms with Gasteiger partial charge in [0, 0.05) is 5.56 Å². The average molecular weight is 497 g/mol. The maximum atomic E-state index is 15.0. The molecule has 0 aliphatic heterocycles. The van der Waals surface area contributed by atoms with Crippen LogP contribution in [0.2, 0.25) is 0 Å². The summed E-state index contributed by atoms with van der Waals surface area (Å²) >= 11 is 0. The highest BCUT2D eigenvalue weighted by atomic mass is 19.2. The number of hydrogen-bond acceptors (Lipinski definition) is 3. The molecule has 0 saturated heterocycles. The molecule has 0 atom stereocenters. The molecule has 4 rings (SSSR count). The number of rotatable bonds is 8. The molecule has 0 amide bonds. The molecule has 0 heterocycles. The molecule has 0 unspecified atom stereocenters. The van der Waals surface area contributed by atoms with Gasteiger partial charge in [-0.2, -0.15) is 0 Å².